The first-order chi connectivity index (χ1) is 14.6. The number of aromatic nitrogens is 2. The van der Waals surface area contributed by atoms with Crippen LogP contribution < -0.4 is 15.8 Å². The van der Waals surface area contributed by atoms with Crippen LogP contribution in [0.1, 0.15) is 24.2 Å². The molecular weight excluding hydrogens is 374 g/mol. The number of imidazole rings is 1. The third-order valence-electron chi connectivity index (χ3n) is 5.81. The fourth-order valence-corrected chi connectivity index (χ4v) is 4.38. The number of nitrogens with two attached hydrogens (primary N) is 1. The molecule has 152 valence electrons. The monoisotopic (exact) mass is 399 g/mol. The van der Waals surface area contributed by atoms with Crippen molar-refractivity contribution in [1.29, 1.82) is 5.41 Å². The van der Waals surface area contributed by atoms with Crippen LogP contribution in [0.15, 0.2) is 54.6 Å². The van der Waals surface area contributed by atoms with Crippen molar-refractivity contribution in [2.45, 2.75) is 25.9 Å². The van der Waals surface area contributed by atoms with E-state index in [-0.39, 0.29) is 11.9 Å². The fourth-order valence-electron chi connectivity index (χ4n) is 4.38. The summed E-state index contributed by atoms with van der Waals surface area (Å²) in [6.45, 7) is 4.02. The van der Waals surface area contributed by atoms with E-state index in [0.29, 0.717) is 0 Å². The van der Waals surface area contributed by atoms with Crippen LogP contribution in [-0.4, -0.2) is 34.6 Å². The van der Waals surface area contributed by atoms with Crippen molar-refractivity contribution >= 4 is 27.6 Å². The predicted octanol–water partition coefficient (Wildman–Crippen LogP) is 3.90. The number of hydrogen-bond donors (Lipinski definition) is 3. The van der Waals surface area contributed by atoms with Crippen LogP contribution in [0.25, 0.3) is 27.5 Å². The Bertz CT molecular complexity index is 1250. The van der Waals surface area contributed by atoms with Crippen molar-refractivity contribution in [2.75, 3.05) is 13.1 Å². The van der Waals surface area contributed by atoms with Crippen LogP contribution in [0.3, 0.4) is 0 Å². The van der Waals surface area contributed by atoms with E-state index >= 15 is 0 Å². The first kappa shape index (κ1) is 18.6. The molecule has 1 fully saturated rings. The lowest BCUT2D eigenvalue weighted by Gasteiger charge is -2.23. The van der Waals surface area contributed by atoms with Crippen molar-refractivity contribution in [2.24, 2.45) is 5.73 Å². The highest BCUT2D eigenvalue weighted by Gasteiger charge is 2.17. The van der Waals surface area contributed by atoms with Gasteiger partial charge in [-0.2, -0.15) is 0 Å². The molecule has 0 bridgehead atoms. The highest BCUT2D eigenvalue weighted by atomic mass is 16.5. The van der Waals surface area contributed by atoms with E-state index in [0.717, 1.165) is 70.6 Å². The van der Waals surface area contributed by atoms with Crippen LogP contribution in [0.2, 0.25) is 0 Å². The van der Waals surface area contributed by atoms with Gasteiger partial charge in [0.15, 0.2) is 0 Å². The molecule has 4 aromatic rings. The zero-order valence-corrected chi connectivity index (χ0v) is 17.0. The van der Waals surface area contributed by atoms with E-state index in [1.165, 1.54) is 0 Å². The van der Waals surface area contributed by atoms with Crippen LogP contribution in [-0.2, 0) is 0 Å². The molecule has 6 heteroatoms. The molecular formula is C24H25N5O. The van der Waals surface area contributed by atoms with E-state index in [4.69, 9.17) is 20.9 Å². The molecule has 0 saturated carbocycles. The summed E-state index contributed by atoms with van der Waals surface area (Å²) in [5, 5.41) is 13.3. The quantitative estimate of drug-likeness (QED) is 0.359. The molecule has 0 aliphatic carbocycles. The summed E-state index contributed by atoms with van der Waals surface area (Å²) in [4.78, 5) is 4.81. The summed E-state index contributed by atoms with van der Waals surface area (Å²) in [5.41, 5.74) is 9.53. The van der Waals surface area contributed by atoms with Crippen LogP contribution in [0.5, 0.6) is 5.75 Å². The first-order valence-electron chi connectivity index (χ1n) is 10.3. The number of hydrogen-bond acceptors (Lipinski definition) is 4. The summed E-state index contributed by atoms with van der Waals surface area (Å²) in [6, 6.07) is 18.1. The van der Waals surface area contributed by atoms with Gasteiger partial charge in [-0.3, -0.25) is 9.98 Å². The predicted molar refractivity (Wildman–Crippen MR) is 121 cm³/mol. The minimum Gasteiger partial charge on any atom is -0.490 e. The molecule has 1 saturated heterocycles. The Balaban J connectivity index is 1.60. The Kier molecular flexibility index (Phi) is 4.64. The number of amidine groups is 1. The summed E-state index contributed by atoms with van der Waals surface area (Å²) >= 11 is 0. The second kappa shape index (κ2) is 7.46. The van der Waals surface area contributed by atoms with Crippen LogP contribution >= 0.6 is 0 Å². The minimum absolute atomic E-state index is 0.0738. The van der Waals surface area contributed by atoms with E-state index in [9.17, 15) is 0 Å². The van der Waals surface area contributed by atoms with Gasteiger partial charge in [-0.15, -0.1) is 0 Å². The maximum Gasteiger partial charge on any atom is 0.123 e. The number of rotatable bonds is 4. The van der Waals surface area contributed by atoms with Gasteiger partial charge in [0.05, 0.1) is 16.7 Å². The second-order valence-corrected chi connectivity index (χ2v) is 7.80. The van der Waals surface area contributed by atoms with Gasteiger partial charge in [0.1, 0.15) is 23.5 Å². The first-order valence-corrected chi connectivity index (χ1v) is 10.3. The molecule has 0 atom stereocenters. The summed E-state index contributed by atoms with van der Waals surface area (Å²) < 4.78 is 8.37. The van der Waals surface area contributed by atoms with Crippen molar-refractivity contribution in [3.05, 3.63) is 66.0 Å². The van der Waals surface area contributed by atoms with Gasteiger partial charge in [0, 0.05) is 17.0 Å². The molecule has 30 heavy (non-hydrogen) atoms. The highest BCUT2D eigenvalue weighted by molar-refractivity contribution is 6.09. The Hall–Kier alpha value is -3.38. The van der Waals surface area contributed by atoms with Crippen molar-refractivity contribution in [3.63, 3.8) is 0 Å². The summed E-state index contributed by atoms with van der Waals surface area (Å²) in [6.07, 6.45) is 2.31. The highest BCUT2D eigenvalue weighted by Crippen LogP contribution is 2.31. The number of ether oxygens (including phenoxy) is 1. The minimum atomic E-state index is 0.0738. The lowest BCUT2D eigenvalue weighted by Crippen LogP contribution is -2.34. The van der Waals surface area contributed by atoms with Crippen molar-refractivity contribution in [1.82, 2.24) is 14.9 Å². The van der Waals surface area contributed by atoms with E-state index < -0.39 is 0 Å². The lowest BCUT2D eigenvalue weighted by atomic mass is 10.0. The van der Waals surface area contributed by atoms with Gasteiger partial charge in [-0.05, 0) is 62.5 Å². The lowest BCUT2D eigenvalue weighted by molar-refractivity contribution is 0.162. The summed E-state index contributed by atoms with van der Waals surface area (Å²) in [5.74, 6) is 1.85. The van der Waals surface area contributed by atoms with Gasteiger partial charge in [-0.1, -0.05) is 24.3 Å². The number of aryl methyl sites for hydroxylation is 1. The normalized spacial score (nSPS) is 15.0. The van der Waals surface area contributed by atoms with Gasteiger partial charge in [0.25, 0.3) is 0 Å². The molecule has 2 heterocycles. The maximum atomic E-state index is 7.91. The number of nitrogens with one attached hydrogen (secondary N) is 2. The van der Waals surface area contributed by atoms with Crippen LogP contribution in [0.4, 0.5) is 0 Å². The molecule has 1 aromatic heterocycles. The summed E-state index contributed by atoms with van der Waals surface area (Å²) in [7, 11) is 0. The average molecular weight is 399 g/mol. The van der Waals surface area contributed by atoms with Crippen molar-refractivity contribution in [3.8, 4) is 11.4 Å². The molecule has 3 aromatic carbocycles. The van der Waals surface area contributed by atoms with E-state index in [1.807, 2.05) is 49.4 Å². The second-order valence-electron chi connectivity index (χ2n) is 7.80. The van der Waals surface area contributed by atoms with Gasteiger partial charge < -0.3 is 15.8 Å². The van der Waals surface area contributed by atoms with E-state index in [2.05, 4.69) is 22.0 Å². The zero-order chi connectivity index (χ0) is 20.7. The molecule has 0 unspecified atom stereocenters. The molecule has 4 N–H and O–H groups in total. The van der Waals surface area contributed by atoms with Crippen LogP contribution in [0, 0.1) is 12.3 Å². The number of piperidine rings is 1. The topological polar surface area (TPSA) is 89.0 Å². The number of nitrogen functional groups attached to an aromatic ring is 1. The molecule has 0 spiro atoms. The zero-order valence-electron chi connectivity index (χ0n) is 17.0. The number of fused-ring (bicyclic) bond motifs is 2. The molecule has 5 rings (SSSR count). The smallest absolute Gasteiger partial charge is 0.123 e. The SMILES string of the molecule is Cc1nc2cc(OC3CCNCC3)ccc2n1-c1ccc(C(=N)N)c2ccccc12. The molecule has 0 radical (unpaired) electrons. The number of nitrogens with zero attached hydrogens (tertiary/aromatic N) is 2. The third kappa shape index (κ3) is 3.19. The standard InChI is InChI=1S/C24H25N5O/c1-15-28-21-14-17(30-16-10-12-27-13-11-16)6-8-23(21)29(15)22-9-7-20(24(25)26)18-4-2-3-5-19(18)22/h2-9,14,16,27H,10-13H2,1H3,(H3,25,26). The molecule has 1 aliphatic rings. The third-order valence-corrected chi connectivity index (χ3v) is 5.81. The Labute approximate surface area is 175 Å². The van der Waals surface area contributed by atoms with E-state index in [1.54, 1.807) is 0 Å². The molecule has 6 nitrogen and oxygen atoms in total. The fraction of sp³-hybridized carbons (Fsp3) is 0.250. The van der Waals surface area contributed by atoms with Gasteiger partial charge in [-0.25, -0.2) is 4.98 Å². The number of benzene rings is 3. The largest absolute Gasteiger partial charge is 0.490 e. The van der Waals surface area contributed by atoms with Crippen molar-refractivity contribution < 1.29 is 4.74 Å². The Morgan fingerprint density at radius 3 is 2.63 bits per heavy atom. The average Bonchev–Trinajstić information content (AvgIpc) is 3.08. The Morgan fingerprint density at radius 1 is 1.10 bits per heavy atom. The van der Waals surface area contributed by atoms with Gasteiger partial charge >= 0.3 is 0 Å². The maximum absolute atomic E-state index is 7.91. The Morgan fingerprint density at radius 2 is 1.87 bits per heavy atom. The molecule has 1 aliphatic heterocycles. The van der Waals surface area contributed by atoms with Gasteiger partial charge in [0.2, 0.25) is 0 Å². The molecule has 0 amide bonds.